The topological polar surface area (TPSA) is 57.7 Å². The van der Waals surface area contributed by atoms with Crippen LogP contribution in [0, 0.1) is 11.8 Å². The lowest BCUT2D eigenvalue weighted by molar-refractivity contribution is -0.158. The predicted octanol–water partition coefficient (Wildman–Crippen LogP) is 3.83. The summed E-state index contributed by atoms with van der Waals surface area (Å²) in [6.07, 6.45) is 5.77. The highest BCUT2D eigenvalue weighted by Gasteiger charge is 2.34. The van der Waals surface area contributed by atoms with Gasteiger partial charge in [0.1, 0.15) is 11.5 Å². The molecule has 0 aliphatic heterocycles. The third kappa shape index (κ3) is 4.97. The Morgan fingerprint density at radius 2 is 1.69 bits per heavy atom. The molecular weight excluding hydrogens is 366 g/mol. The largest absolute Gasteiger partial charge is 0.476 e. The molecule has 5 heteroatoms. The molecule has 1 aromatic carbocycles. The Labute approximate surface area is 172 Å². The maximum absolute atomic E-state index is 11.9. The number of rotatable bonds is 6. The summed E-state index contributed by atoms with van der Waals surface area (Å²) in [5.74, 6) is 2.76. The molecule has 29 heavy (non-hydrogen) atoms. The van der Waals surface area contributed by atoms with Gasteiger partial charge in [0.25, 0.3) is 0 Å². The molecule has 154 valence electrons. The molecule has 2 unspecified atom stereocenters. The van der Waals surface area contributed by atoms with Gasteiger partial charge in [-0.3, -0.25) is 0 Å². The zero-order chi connectivity index (χ0) is 21.0. The number of hydrogen-bond donors (Lipinski definition) is 0. The van der Waals surface area contributed by atoms with Crippen molar-refractivity contribution in [3.05, 3.63) is 47.0 Å². The summed E-state index contributed by atoms with van der Waals surface area (Å²) in [4.78, 5) is 16.5. The normalized spacial score (nSPS) is 18.5. The molecule has 0 N–H and O–H groups in total. The second-order valence-electron chi connectivity index (χ2n) is 7.43. The van der Waals surface area contributed by atoms with Crippen molar-refractivity contribution in [1.82, 2.24) is 4.98 Å². The van der Waals surface area contributed by atoms with Crippen LogP contribution in [0.4, 0.5) is 0 Å². The van der Waals surface area contributed by atoms with E-state index in [9.17, 15) is 4.79 Å². The molecule has 1 saturated carbocycles. The van der Waals surface area contributed by atoms with Gasteiger partial charge >= 0.3 is 5.97 Å². The number of nitrogens with zero attached hydrogens (tertiary/aromatic N) is 1. The quantitative estimate of drug-likeness (QED) is 0.696. The zero-order valence-corrected chi connectivity index (χ0v) is 17.8. The Hall–Kier alpha value is -2.82. The molecule has 2 aromatic rings. The van der Waals surface area contributed by atoms with Crippen LogP contribution in [0.1, 0.15) is 41.0 Å². The third-order valence-corrected chi connectivity index (χ3v) is 4.77. The Kier molecular flexibility index (Phi) is 6.26. The highest BCUT2D eigenvalue weighted by molar-refractivity contribution is 5.79. The first-order chi connectivity index (χ1) is 13.9. The van der Waals surface area contributed by atoms with E-state index in [0.29, 0.717) is 35.8 Å². The maximum Gasteiger partial charge on any atom is 0.349 e. The van der Waals surface area contributed by atoms with Crippen LogP contribution in [-0.2, 0) is 9.53 Å². The molecule has 0 amide bonds. The van der Waals surface area contributed by atoms with Crippen molar-refractivity contribution < 1.29 is 19.0 Å². The fraction of sp³-hybridized carbons (Fsp3) is 0.417. The summed E-state index contributed by atoms with van der Waals surface area (Å²) in [7, 11) is 0. The van der Waals surface area contributed by atoms with Crippen molar-refractivity contribution in [2.24, 2.45) is 11.8 Å². The molecule has 2 aliphatic rings. The molecule has 1 aromatic heterocycles. The SMILES string of the molecule is CC.CCOC(=O)C(C)(C)Oc1ccc(Oc2ccc3c(n2)=CC2CC2C=3)cc1. The van der Waals surface area contributed by atoms with Gasteiger partial charge in [0.05, 0.1) is 12.0 Å². The molecule has 0 saturated heterocycles. The summed E-state index contributed by atoms with van der Waals surface area (Å²) in [5.41, 5.74) is -1.05. The first-order valence-electron chi connectivity index (χ1n) is 10.3. The third-order valence-electron chi connectivity index (χ3n) is 4.77. The number of carbonyl (C=O) groups is 1. The zero-order valence-electron chi connectivity index (χ0n) is 17.8. The molecule has 1 fully saturated rings. The number of pyridine rings is 1. The molecule has 2 aliphatic carbocycles. The van der Waals surface area contributed by atoms with Crippen LogP contribution in [0.3, 0.4) is 0 Å². The number of ether oxygens (including phenoxy) is 3. The smallest absolute Gasteiger partial charge is 0.349 e. The number of fused-ring (bicyclic) bond motifs is 2. The van der Waals surface area contributed by atoms with Crippen molar-refractivity contribution in [2.45, 2.75) is 46.6 Å². The van der Waals surface area contributed by atoms with Crippen molar-refractivity contribution >= 4 is 18.1 Å². The average molecular weight is 395 g/mol. The summed E-state index contributed by atoms with van der Waals surface area (Å²) in [5, 5.41) is 2.19. The number of aromatic nitrogens is 1. The highest BCUT2D eigenvalue weighted by atomic mass is 16.6. The fourth-order valence-electron chi connectivity index (χ4n) is 3.19. The van der Waals surface area contributed by atoms with Crippen molar-refractivity contribution in [2.75, 3.05) is 6.61 Å². The Morgan fingerprint density at radius 1 is 1.03 bits per heavy atom. The molecule has 4 rings (SSSR count). The number of hydrogen-bond acceptors (Lipinski definition) is 5. The van der Waals surface area contributed by atoms with E-state index < -0.39 is 11.6 Å². The molecule has 2 atom stereocenters. The van der Waals surface area contributed by atoms with Crippen LogP contribution >= 0.6 is 0 Å². The number of benzene rings is 1. The van der Waals surface area contributed by atoms with E-state index in [4.69, 9.17) is 14.2 Å². The lowest BCUT2D eigenvalue weighted by Gasteiger charge is -2.24. The summed E-state index contributed by atoms with van der Waals surface area (Å²) < 4.78 is 16.7. The van der Waals surface area contributed by atoms with Crippen LogP contribution in [0.15, 0.2) is 36.4 Å². The Balaban J connectivity index is 0.00000117. The van der Waals surface area contributed by atoms with E-state index >= 15 is 0 Å². The van der Waals surface area contributed by atoms with Gasteiger partial charge in [-0.15, -0.1) is 0 Å². The van der Waals surface area contributed by atoms with Gasteiger partial charge in [0.2, 0.25) is 5.88 Å². The van der Waals surface area contributed by atoms with Gasteiger partial charge in [0.15, 0.2) is 5.60 Å². The minimum Gasteiger partial charge on any atom is -0.476 e. The van der Waals surface area contributed by atoms with Crippen molar-refractivity contribution in [3.63, 3.8) is 0 Å². The van der Waals surface area contributed by atoms with Gasteiger partial charge in [-0.1, -0.05) is 26.0 Å². The monoisotopic (exact) mass is 395 g/mol. The van der Waals surface area contributed by atoms with Gasteiger partial charge < -0.3 is 14.2 Å². The Morgan fingerprint density at radius 3 is 2.38 bits per heavy atom. The lowest BCUT2D eigenvalue weighted by Crippen LogP contribution is -2.39. The van der Waals surface area contributed by atoms with Crippen LogP contribution in [0.25, 0.3) is 12.2 Å². The second kappa shape index (κ2) is 8.68. The van der Waals surface area contributed by atoms with E-state index in [1.54, 1.807) is 45.0 Å². The summed E-state index contributed by atoms with van der Waals surface area (Å²) >= 11 is 0. The standard InChI is InChI=1S/C22H23NO4.C2H6/c1-4-25-21(24)22(2,3)27-18-8-6-17(7-9-18)26-20-10-5-14-11-15-12-16(15)13-19(14)23-20;1-2/h5-11,13,15-16H,4,12H2,1-3H3;1-2H3. The van der Waals surface area contributed by atoms with Crippen molar-refractivity contribution in [3.8, 4) is 17.4 Å². The van der Waals surface area contributed by atoms with Gasteiger partial charge in [-0.05, 0) is 74.6 Å². The first-order valence-corrected chi connectivity index (χ1v) is 10.3. The molecule has 0 bridgehead atoms. The minimum atomic E-state index is -1.05. The van der Waals surface area contributed by atoms with E-state index in [2.05, 4.69) is 23.2 Å². The van der Waals surface area contributed by atoms with E-state index in [1.807, 2.05) is 19.9 Å². The Bertz CT molecular complexity index is 979. The lowest BCUT2D eigenvalue weighted by atomic mass is 10.1. The van der Waals surface area contributed by atoms with Crippen LogP contribution in [0.2, 0.25) is 0 Å². The van der Waals surface area contributed by atoms with Crippen LogP contribution in [0.5, 0.6) is 17.4 Å². The van der Waals surface area contributed by atoms with Crippen molar-refractivity contribution in [1.29, 1.82) is 0 Å². The van der Waals surface area contributed by atoms with Crippen LogP contribution in [-0.4, -0.2) is 23.2 Å². The second-order valence-corrected chi connectivity index (χ2v) is 7.43. The van der Waals surface area contributed by atoms with Gasteiger partial charge in [-0.25, -0.2) is 9.78 Å². The van der Waals surface area contributed by atoms with E-state index in [-0.39, 0.29) is 0 Å². The fourth-order valence-corrected chi connectivity index (χ4v) is 3.19. The molecular formula is C24H29NO4. The van der Waals surface area contributed by atoms with Gasteiger partial charge in [0, 0.05) is 6.07 Å². The average Bonchev–Trinajstić information content (AvgIpc) is 3.47. The summed E-state index contributed by atoms with van der Waals surface area (Å²) in [6, 6.07) is 11.1. The molecule has 1 heterocycles. The predicted molar refractivity (Wildman–Crippen MR) is 113 cm³/mol. The van der Waals surface area contributed by atoms with E-state index in [0.717, 1.165) is 5.35 Å². The van der Waals surface area contributed by atoms with Crippen LogP contribution < -0.4 is 20.0 Å². The molecule has 0 radical (unpaired) electrons. The maximum atomic E-state index is 11.9. The van der Waals surface area contributed by atoms with Gasteiger partial charge in [-0.2, -0.15) is 0 Å². The highest BCUT2D eigenvalue weighted by Crippen LogP contribution is 2.41. The molecule has 0 spiro atoms. The number of carbonyl (C=O) groups excluding carboxylic acids is 1. The number of esters is 1. The first kappa shape index (κ1) is 20.9. The minimum absolute atomic E-state index is 0.322. The molecule has 5 nitrogen and oxygen atoms in total. The summed E-state index contributed by atoms with van der Waals surface area (Å²) in [6.45, 7) is 9.46. The van der Waals surface area contributed by atoms with E-state index in [1.165, 1.54) is 11.6 Å².